The van der Waals surface area contributed by atoms with Gasteiger partial charge in [-0.1, -0.05) is 40.5 Å². The lowest BCUT2D eigenvalue weighted by molar-refractivity contribution is -0.144. The molecule has 0 heterocycles. The quantitative estimate of drug-likeness (QED) is 0.606. The zero-order chi connectivity index (χ0) is 11.8. The van der Waals surface area contributed by atoms with Gasteiger partial charge in [0.1, 0.15) is 5.78 Å². The van der Waals surface area contributed by atoms with Crippen molar-refractivity contribution in [1.29, 1.82) is 0 Å². The van der Waals surface area contributed by atoms with Crippen molar-refractivity contribution in [2.75, 3.05) is 0 Å². The maximum Gasteiger partial charge on any atom is 0.142 e. The topological polar surface area (TPSA) is 17.1 Å². The Labute approximate surface area is 99.0 Å². The van der Waals surface area contributed by atoms with Crippen molar-refractivity contribution >= 4 is 5.78 Å². The van der Waals surface area contributed by atoms with Crippen molar-refractivity contribution in [2.24, 2.45) is 28.1 Å². The number of hydrogen-bond acceptors (Lipinski definition) is 1. The van der Waals surface area contributed by atoms with Gasteiger partial charge in [0.25, 0.3) is 0 Å². The Balaban J connectivity index is 2.05. The molecule has 16 heavy (non-hydrogen) atoms. The molecular formula is C15H24O. The Morgan fingerprint density at radius 1 is 1.06 bits per heavy atom. The molecule has 0 aromatic rings. The van der Waals surface area contributed by atoms with E-state index in [-0.39, 0.29) is 10.8 Å². The number of hydrogen-bond donors (Lipinski definition) is 0. The molecule has 0 aliphatic heterocycles. The summed E-state index contributed by atoms with van der Waals surface area (Å²) in [4.78, 5) is 12.6. The summed E-state index contributed by atoms with van der Waals surface area (Å²) in [6, 6.07) is 0. The predicted octanol–water partition coefficient (Wildman–Crippen LogP) is 3.82. The van der Waals surface area contributed by atoms with Crippen LogP contribution in [0.25, 0.3) is 0 Å². The Bertz CT molecular complexity index is 356. The molecule has 0 aromatic heterocycles. The Morgan fingerprint density at radius 3 is 2.38 bits per heavy atom. The van der Waals surface area contributed by atoms with E-state index in [0.717, 1.165) is 6.42 Å². The van der Waals surface area contributed by atoms with E-state index in [1.54, 1.807) is 0 Å². The van der Waals surface area contributed by atoms with Crippen LogP contribution in [0.15, 0.2) is 0 Å². The molecule has 0 N–H and O–H groups in total. The highest BCUT2D eigenvalue weighted by atomic mass is 16.1. The number of carbonyl (C=O) groups excluding carboxylic acids is 1. The van der Waals surface area contributed by atoms with E-state index in [9.17, 15) is 4.79 Å². The number of carbonyl (C=O) groups is 1. The maximum atomic E-state index is 12.6. The summed E-state index contributed by atoms with van der Waals surface area (Å²) < 4.78 is 0. The Hall–Kier alpha value is -0.330. The van der Waals surface area contributed by atoms with E-state index in [1.807, 2.05) is 0 Å². The second-order valence-corrected chi connectivity index (χ2v) is 7.42. The summed E-state index contributed by atoms with van der Waals surface area (Å²) in [6.07, 6.45) is 6.20. The average molecular weight is 220 g/mol. The minimum absolute atomic E-state index is 0.0228. The normalized spacial score (nSPS) is 54.1. The van der Waals surface area contributed by atoms with Crippen LogP contribution in [0.5, 0.6) is 0 Å². The largest absolute Gasteiger partial charge is 0.299 e. The molecule has 0 bridgehead atoms. The molecule has 3 fully saturated rings. The standard InChI is InChI=1S/C15H24O/c1-13(2)11-8-6-5-7-10(11)12(16)14(3)9-15(13,14)4/h10-11H,5-9H2,1-4H3. The van der Waals surface area contributed by atoms with Crippen molar-refractivity contribution in [3.05, 3.63) is 0 Å². The summed E-state index contributed by atoms with van der Waals surface area (Å²) in [6.45, 7) is 9.43. The number of fused-ring (bicyclic) bond motifs is 2. The van der Waals surface area contributed by atoms with E-state index < -0.39 is 0 Å². The summed E-state index contributed by atoms with van der Waals surface area (Å²) in [5, 5.41) is 0. The highest BCUT2D eigenvalue weighted by Crippen LogP contribution is 2.78. The summed E-state index contributed by atoms with van der Waals surface area (Å²) >= 11 is 0. The predicted molar refractivity (Wildman–Crippen MR) is 65.1 cm³/mol. The first-order valence-electron chi connectivity index (χ1n) is 6.89. The third kappa shape index (κ3) is 0.926. The van der Waals surface area contributed by atoms with Crippen LogP contribution >= 0.6 is 0 Å². The van der Waals surface area contributed by atoms with Crippen LogP contribution in [0.4, 0.5) is 0 Å². The van der Waals surface area contributed by atoms with E-state index >= 15 is 0 Å². The van der Waals surface area contributed by atoms with Crippen LogP contribution in [0.3, 0.4) is 0 Å². The first kappa shape index (κ1) is 10.8. The van der Waals surface area contributed by atoms with E-state index in [4.69, 9.17) is 0 Å². The second kappa shape index (κ2) is 2.73. The fourth-order valence-corrected chi connectivity index (χ4v) is 5.09. The molecule has 4 unspecified atom stereocenters. The van der Waals surface area contributed by atoms with Crippen molar-refractivity contribution in [3.8, 4) is 0 Å². The van der Waals surface area contributed by atoms with Gasteiger partial charge in [0, 0.05) is 11.3 Å². The SMILES string of the molecule is CC12CC1(C)C(C)(C)C1CCCCC1C2=O. The molecular weight excluding hydrogens is 196 g/mol. The lowest BCUT2D eigenvalue weighted by Crippen LogP contribution is -2.50. The van der Waals surface area contributed by atoms with Crippen molar-refractivity contribution in [1.82, 2.24) is 0 Å². The molecule has 0 aromatic carbocycles. The lowest BCUT2D eigenvalue weighted by Gasteiger charge is -2.52. The zero-order valence-corrected chi connectivity index (χ0v) is 11.1. The molecule has 0 saturated heterocycles. The van der Waals surface area contributed by atoms with Gasteiger partial charge in [-0.15, -0.1) is 0 Å². The summed E-state index contributed by atoms with van der Waals surface area (Å²) in [5.74, 6) is 1.66. The molecule has 0 amide bonds. The van der Waals surface area contributed by atoms with Gasteiger partial charge in [0.2, 0.25) is 0 Å². The van der Waals surface area contributed by atoms with Crippen LogP contribution in [0, 0.1) is 28.1 Å². The average Bonchev–Trinajstić information content (AvgIpc) is 2.83. The van der Waals surface area contributed by atoms with Gasteiger partial charge in [0.15, 0.2) is 0 Å². The smallest absolute Gasteiger partial charge is 0.142 e. The van der Waals surface area contributed by atoms with Gasteiger partial charge in [-0.2, -0.15) is 0 Å². The number of rotatable bonds is 0. The van der Waals surface area contributed by atoms with Crippen LogP contribution < -0.4 is 0 Å². The van der Waals surface area contributed by atoms with Gasteiger partial charge in [-0.3, -0.25) is 4.79 Å². The van der Waals surface area contributed by atoms with Gasteiger partial charge in [-0.05, 0) is 36.0 Å². The van der Waals surface area contributed by atoms with E-state index in [2.05, 4.69) is 27.7 Å². The van der Waals surface area contributed by atoms with E-state index in [0.29, 0.717) is 23.0 Å². The minimum atomic E-state index is 0.0228. The first-order chi connectivity index (χ1) is 7.34. The Morgan fingerprint density at radius 2 is 1.69 bits per heavy atom. The molecule has 3 aliphatic rings. The van der Waals surface area contributed by atoms with Gasteiger partial charge >= 0.3 is 0 Å². The molecule has 3 rings (SSSR count). The van der Waals surface area contributed by atoms with Crippen LogP contribution in [-0.4, -0.2) is 5.78 Å². The minimum Gasteiger partial charge on any atom is -0.299 e. The Kier molecular flexibility index (Phi) is 1.85. The molecule has 1 nitrogen and oxygen atoms in total. The molecule has 3 aliphatic carbocycles. The highest BCUT2D eigenvalue weighted by Gasteiger charge is 2.76. The van der Waals surface area contributed by atoms with Gasteiger partial charge in [-0.25, -0.2) is 0 Å². The van der Waals surface area contributed by atoms with E-state index in [1.165, 1.54) is 25.7 Å². The lowest BCUT2D eigenvalue weighted by atomic mass is 9.51. The number of Topliss-reactive ketones (excluding diaryl/α,β-unsaturated/α-hetero) is 1. The van der Waals surface area contributed by atoms with Crippen LogP contribution in [-0.2, 0) is 4.79 Å². The van der Waals surface area contributed by atoms with Gasteiger partial charge in [0.05, 0.1) is 0 Å². The highest BCUT2D eigenvalue weighted by molar-refractivity contribution is 5.92. The summed E-state index contributed by atoms with van der Waals surface area (Å²) in [5.41, 5.74) is 0.672. The first-order valence-corrected chi connectivity index (χ1v) is 6.89. The molecule has 0 radical (unpaired) electrons. The zero-order valence-electron chi connectivity index (χ0n) is 11.1. The second-order valence-electron chi connectivity index (χ2n) is 7.42. The summed E-state index contributed by atoms with van der Waals surface area (Å²) in [7, 11) is 0. The van der Waals surface area contributed by atoms with Crippen molar-refractivity contribution in [3.63, 3.8) is 0 Å². The molecule has 1 heteroatoms. The van der Waals surface area contributed by atoms with Gasteiger partial charge < -0.3 is 0 Å². The maximum absolute atomic E-state index is 12.6. The fraction of sp³-hybridized carbons (Fsp3) is 0.933. The monoisotopic (exact) mass is 220 g/mol. The molecule has 0 spiro atoms. The fourth-order valence-electron chi connectivity index (χ4n) is 5.09. The molecule has 4 atom stereocenters. The third-order valence-electron chi connectivity index (χ3n) is 6.80. The van der Waals surface area contributed by atoms with Crippen LogP contribution in [0.2, 0.25) is 0 Å². The molecule has 90 valence electrons. The number of ketones is 1. The molecule has 3 saturated carbocycles. The van der Waals surface area contributed by atoms with Crippen molar-refractivity contribution in [2.45, 2.75) is 59.8 Å². The van der Waals surface area contributed by atoms with Crippen molar-refractivity contribution < 1.29 is 4.79 Å². The third-order valence-corrected chi connectivity index (χ3v) is 6.80. The van der Waals surface area contributed by atoms with Crippen LogP contribution in [0.1, 0.15) is 59.8 Å².